The highest BCUT2D eigenvalue weighted by Gasteiger charge is 2.17. The van der Waals surface area contributed by atoms with Crippen LogP contribution in [0.3, 0.4) is 0 Å². The quantitative estimate of drug-likeness (QED) is 0.886. The number of thiophene rings is 1. The van der Waals surface area contributed by atoms with Crippen LogP contribution in [-0.2, 0) is 18.3 Å². The maximum Gasteiger partial charge on any atom is 0.224 e. The first-order valence-electron chi connectivity index (χ1n) is 7.34. The van der Waals surface area contributed by atoms with E-state index in [1.165, 1.54) is 5.56 Å². The lowest BCUT2D eigenvalue weighted by Gasteiger charge is -2.24. The van der Waals surface area contributed by atoms with Gasteiger partial charge in [-0.3, -0.25) is 9.48 Å². The number of aryl methyl sites for hydroxylation is 2. The van der Waals surface area contributed by atoms with E-state index in [9.17, 15) is 4.79 Å². The van der Waals surface area contributed by atoms with Crippen molar-refractivity contribution in [1.82, 2.24) is 20.0 Å². The summed E-state index contributed by atoms with van der Waals surface area (Å²) in [6.45, 7) is 4.56. The highest BCUT2D eigenvalue weighted by Crippen LogP contribution is 2.20. The molecule has 0 fully saturated rings. The second kappa shape index (κ2) is 7.07. The van der Waals surface area contributed by atoms with Crippen LogP contribution in [0.4, 0.5) is 0 Å². The number of amides is 1. The third-order valence-corrected chi connectivity index (χ3v) is 4.74. The Hall–Kier alpha value is -1.66. The SMILES string of the molecule is Cc1nn(C)c(C)c1CC(=O)NCC(c1ccsc1)N(C)C. The van der Waals surface area contributed by atoms with Crippen molar-refractivity contribution in [2.45, 2.75) is 26.3 Å². The van der Waals surface area contributed by atoms with E-state index in [2.05, 4.69) is 32.1 Å². The van der Waals surface area contributed by atoms with Gasteiger partial charge in [-0.15, -0.1) is 0 Å². The van der Waals surface area contributed by atoms with Crippen molar-refractivity contribution < 1.29 is 4.79 Å². The normalized spacial score (nSPS) is 12.6. The molecule has 2 aromatic heterocycles. The average molecular weight is 320 g/mol. The van der Waals surface area contributed by atoms with Crippen LogP contribution in [0.5, 0.6) is 0 Å². The van der Waals surface area contributed by atoms with Gasteiger partial charge in [0.2, 0.25) is 5.91 Å². The molecule has 6 heteroatoms. The summed E-state index contributed by atoms with van der Waals surface area (Å²) < 4.78 is 1.83. The third-order valence-electron chi connectivity index (χ3n) is 4.04. The van der Waals surface area contributed by atoms with Crippen molar-refractivity contribution in [3.8, 4) is 0 Å². The van der Waals surface area contributed by atoms with Gasteiger partial charge in [0.05, 0.1) is 18.2 Å². The Balaban J connectivity index is 1.97. The van der Waals surface area contributed by atoms with E-state index >= 15 is 0 Å². The Bertz CT molecular complexity index is 631. The van der Waals surface area contributed by atoms with Gasteiger partial charge in [0.25, 0.3) is 0 Å². The summed E-state index contributed by atoms with van der Waals surface area (Å²) in [5, 5.41) is 11.6. The first-order valence-corrected chi connectivity index (χ1v) is 8.28. The van der Waals surface area contributed by atoms with Crippen LogP contribution in [0.2, 0.25) is 0 Å². The topological polar surface area (TPSA) is 50.2 Å². The minimum absolute atomic E-state index is 0.0429. The maximum absolute atomic E-state index is 12.3. The first-order chi connectivity index (χ1) is 10.4. The minimum Gasteiger partial charge on any atom is -0.354 e. The molecule has 2 rings (SSSR count). The Morgan fingerprint density at radius 1 is 1.45 bits per heavy atom. The molecule has 0 radical (unpaired) electrons. The summed E-state index contributed by atoms with van der Waals surface area (Å²) in [4.78, 5) is 14.4. The molecule has 1 unspecified atom stereocenters. The lowest BCUT2D eigenvalue weighted by Crippen LogP contribution is -2.35. The van der Waals surface area contributed by atoms with Crippen molar-refractivity contribution in [3.63, 3.8) is 0 Å². The number of hydrogen-bond acceptors (Lipinski definition) is 4. The van der Waals surface area contributed by atoms with E-state index in [0.29, 0.717) is 13.0 Å². The number of carbonyl (C=O) groups excluding carboxylic acids is 1. The fourth-order valence-electron chi connectivity index (χ4n) is 2.57. The molecule has 1 N–H and O–H groups in total. The van der Waals surface area contributed by atoms with E-state index in [4.69, 9.17) is 0 Å². The zero-order valence-electron chi connectivity index (χ0n) is 13.9. The summed E-state index contributed by atoms with van der Waals surface area (Å²) in [6.07, 6.45) is 0.384. The second-order valence-electron chi connectivity index (χ2n) is 5.79. The predicted octanol–water partition coefficient (Wildman–Crippen LogP) is 2.06. The van der Waals surface area contributed by atoms with Crippen molar-refractivity contribution >= 4 is 17.2 Å². The highest BCUT2D eigenvalue weighted by atomic mass is 32.1. The molecule has 5 nitrogen and oxygen atoms in total. The van der Waals surface area contributed by atoms with Gasteiger partial charge in [0.15, 0.2) is 0 Å². The zero-order chi connectivity index (χ0) is 16.3. The molecule has 22 heavy (non-hydrogen) atoms. The Labute approximate surface area is 135 Å². The molecule has 1 amide bonds. The van der Waals surface area contributed by atoms with E-state index in [1.54, 1.807) is 11.3 Å². The van der Waals surface area contributed by atoms with Gasteiger partial charge >= 0.3 is 0 Å². The fraction of sp³-hybridized carbons (Fsp3) is 0.500. The van der Waals surface area contributed by atoms with Crippen molar-refractivity contribution in [3.05, 3.63) is 39.3 Å². The number of likely N-dealkylation sites (N-methyl/N-ethyl adjacent to an activating group) is 1. The first kappa shape index (κ1) is 16.7. The molecule has 0 saturated heterocycles. The molecular weight excluding hydrogens is 296 g/mol. The lowest BCUT2D eigenvalue weighted by molar-refractivity contribution is -0.120. The highest BCUT2D eigenvalue weighted by molar-refractivity contribution is 7.07. The summed E-state index contributed by atoms with van der Waals surface area (Å²) >= 11 is 1.68. The van der Waals surface area contributed by atoms with Gasteiger partial charge < -0.3 is 10.2 Å². The van der Waals surface area contributed by atoms with Crippen molar-refractivity contribution in [1.29, 1.82) is 0 Å². The molecule has 0 aromatic carbocycles. The second-order valence-corrected chi connectivity index (χ2v) is 6.57. The molecule has 0 saturated carbocycles. The number of carbonyl (C=O) groups is 1. The van der Waals surface area contributed by atoms with Gasteiger partial charge in [-0.2, -0.15) is 16.4 Å². The smallest absolute Gasteiger partial charge is 0.224 e. The average Bonchev–Trinajstić information content (AvgIpc) is 3.04. The predicted molar refractivity (Wildman–Crippen MR) is 90.1 cm³/mol. The van der Waals surface area contributed by atoms with Crippen LogP contribution >= 0.6 is 11.3 Å². The van der Waals surface area contributed by atoms with Crippen LogP contribution < -0.4 is 5.32 Å². The molecule has 2 aromatic rings. The number of hydrogen-bond donors (Lipinski definition) is 1. The van der Waals surface area contributed by atoms with E-state index in [-0.39, 0.29) is 11.9 Å². The Kier molecular flexibility index (Phi) is 5.37. The number of aromatic nitrogens is 2. The lowest BCUT2D eigenvalue weighted by atomic mass is 10.1. The molecule has 120 valence electrons. The molecular formula is C16H24N4OS. The van der Waals surface area contributed by atoms with Crippen LogP contribution in [-0.4, -0.2) is 41.2 Å². The van der Waals surface area contributed by atoms with Crippen molar-refractivity contribution in [2.24, 2.45) is 7.05 Å². The summed E-state index contributed by atoms with van der Waals surface area (Å²) in [6, 6.07) is 2.31. The molecule has 2 heterocycles. The molecule has 0 bridgehead atoms. The van der Waals surface area contributed by atoms with Crippen LogP contribution in [0.1, 0.15) is 28.6 Å². The zero-order valence-corrected chi connectivity index (χ0v) is 14.7. The standard InChI is InChI=1S/C16H24N4OS/c1-11-14(12(2)20(5)18-11)8-16(21)17-9-15(19(3)4)13-6-7-22-10-13/h6-7,10,15H,8-9H2,1-5H3,(H,17,21). The van der Waals surface area contributed by atoms with Gasteiger partial charge in [-0.25, -0.2) is 0 Å². The summed E-state index contributed by atoms with van der Waals surface area (Å²) in [7, 11) is 5.97. The third kappa shape index (κ3) is 3.75. The minimum atomic E-state index is 0.0429. The number of rotatable bonds is 6. The summed E-state index contributed by atoms with van der Waals surface area (Å²) in [5.41, 5.74) is 4.24. The van der Waals surface area contributed by atoms with E-state index in [1.807, 2.05) is 39.7 Å². The molecule has 0 spiro atoms. The fourth-order valence-corrected chi connectivity index (χ4v) is 3.28. The van der Waals surface area contributed by atoms with Gasteiger partial charge in [0, 0.05) is 24.8 Å². The molecule has 0 aliphatic heterocycles. The number of nitrogens with one attached hydrogen (secondary N) is 1. The van der Waals surface area contributed by atoms with Gasteiger partial charge in [-0.05, 0) is 50.3 Å². The molecule has 1 atom stereocenters. The van der Waals surface area contributed by atoms with Gasteiger partial charge in [0.1, 0.15) is 0 Å². The van der Waals surface area contributed by atoms with E-state index in [0.717, 1.165) is 17.0 Å². The summed E-state index contributed by atoms with van der Waals surface area (Å²) in [5.74, 6) is 0.0429. The number of nitrogens with zero attached hydrogens (tertiary/aromatic N) is 3. The van der Waals surface area contributed by atoms with Crippen LogP contribution in [0.25, 0.3) is 0 Å². The van der Waals surface area contributed by atoms with E-state index < -0.39 is 0 Å². The molecule has 0 aliphatic rings. The van der Waals surface area contributed by atoms with Crippen LogP contribution in [0, 0.1) is 13.8 Å². The van der Waals surface area contributed by atoms with Crippen LogP contribution in [0.15, 0.2) is 16.8 Å². The Morgan fingerprint density at radius 3 is 2.68 bits per heavy atom. The molecule has 0 aliphatic carbocycles. The maximum atomic E-state index is 12.3. The Morgan fingerprint density at radius 2 is 2.18 bits per heavy atom. The monoisotopic (exact) mass is 320 g/mol. The van der Waals surface area contributed by atoms with Crippen molar-refractivity contribution in [2.75, 3.05) is 20.6 Å². The largest absolute Gasteiger partial charge is 0.354 e. The van der Waals surface area contributed by atoms with Gasteiger partial charge in [-0.1, -0.05) is 0 Å².